The van der Waals surface area contributed by atoms with Crippen molar-refractivity contribution >= 4 is 24.0 Å². The number of thiazole rings is 1. The van der Waals surface area contributed by atoms with Crippen LogP contribution in [0.25, 0.3) is 0 Å². The highest BCUT2D eigenvalue weighted by Gasteiger charge is 1.95. The van der Waals surface area contributed by atoms with E-state index in [0.717, 1.165) is 22.1 Å². The molecule has 0 aliphatic carbocycles. The molecule has 0 aliphatic rings. The number of thiol groups is 1. The van der Waals surface area contributed by atoms with Gasteiger partial charge in [-0.25, -0.2) is 4.98 Å². The molecule has 0 saturated carbocycles. The molecule has 1 heterocycles. The molecule has 0 bridgehead atoms. The fraction of sp³-hybridized carbons (Fsp3) is 0.375. The zero-order chi connectivity index (χ0) is 8.81. The highest BCUT2D eigenvalue weighted by Crippen LogP contribution is 2.10. The second-order valence-corrected chi connectivity index (χ2v) is 3.63. The summed E-state index contributed by atoms with van der Waals surface area (Å²) >= 11 is 5.45. The molecule has 0 aromatic carbocycles. The van der Waals surface area contributed by atoms with Crippen molar-refractivity contribution in [3.63, 3.8) is 0 Å². The van der Waals surface area contributed by atoms with Crippen LogP contribution in [0.5, 0.6) is 0 Å². The monoisotopic (exact) mass is 199 g/mol. The first kappa shape index (κ1) is 9.59. The molecule has 0 atom stereocenters. The van der Waals surface area contributed by atoms with Gasteiger partial charge >= 0.3 is 0 Å². The van der Waals surface area contributed by atoms with Gasteiger partial charge in [0.2, 0.25) is 0 Å². The molecule has 1 rings (SSSR count). The Morgan fingerprint density at radius 3 is 3.08 bits per heavy atom. The normalized spacial score (nSPS) is 9.17. The predicted molar refractivity (Wildman–Crippen MR) is 53.4 cm³/mol. The van der Waals surface area contributed by atoms with Gasteiger partial charge in [0.25, 0.3) is 0 Å². The van der Waals surface area contributed by atoms with Crippen molar-refractivity contribution in [1.29, 1.82) is 0 Å². The van der Waals surface area contributed by atoms with E-state index in [1.54, 1.807) is 6.20 Å². The second-order valence-electron chi connectivity index (χ2n) is 2.07. The maximum absolute atomic E-state index is 8.73. The smallest absolute Gasteiger partial charge is 0.167 e. The molecule has 1 aromatic rings. The van der Waals surface area contributed by atoms with E-state index in [0.29, 0.717) is 0 Å². The molecule has 12 heavy (non-hydrogen) atoms. The number of aromatic nitrogens is 1. The third-order valence-corrected chi connectivity index (χ3v) is 2.26. The minimum Gasteiger partial charge on any atom is -0.391 e. The Bertz CT molecular complexity index is 297. The summed E-state index contributed by atoms with van der Waals surface area (Å²) in [6.45, 7) is 0.0475. The van der Waals surface area contributed by atoms with Gasteiger partial charge < -0.3 is 5.11 Å². The molecule has 0 saturated heterocycles. The molecule has 0 unspecified atom stereocenters. The average molecular weight is 199 g/mol. The summed E-state index contributed by atoms with van der Waals surface area (Å²) in [6.07, 6.45) is 2.42. The second kappa shape index (κ2) is 5.20. The van der Waals surface area contributed by atoms with Gasteiger partial charge in [0.1, 0.15) is 0 Å². The first-order chi connectivity index (χ1) is 5.86. The highest BCUT2D eigenvalue weighted by atomic mass is 32.1. The van der Waals surface area contributed by atoms with Crippen molar-refractivity contribution in [1.82, 2.24) is 4.98 Å². The maximum Gasteiger partial charge on any atom is 0.167 e. The van der Waals surface area contributed by atoms with Gasteiger partial charge in [-0.05, 0) is 5.92 Å². The summed E-state index contributed by atoms with van der Waals surface area (Å²) in [5.74, 6) is 6.60. The maximum atomic E-state index is 8.73. The Balaban J connectivity index is 2.59. The van der Waals surface area contributed by atoms with Crippen molar-refractivity contribution in [2.45, 2.75) is 13.0 Å². The summed E-state index contributed by atoms with van der Waals surface area (Å²) in [4.78, 5) is 4.87. The Morgan fingerprint density at radius 1 is 1.67 bits per heavy atom. The number of rotatable bonds is 2. The lowest BCUT2D eigenvalue weighted by Crippen LogP contribution is -1.70. The third-order valence-electron chi connectivity index (χ3n) is 1.14. The first-order valence-corrected chi connectivity index (χ1v) is 4.97. The molecule has 1 N–H and O–H groups in total. The predicted octanol–water partition coefficient (Wildman–Crippen LogP) is 1.31. The van der Waals surface area contributed by atoms with E-state index in [1.807, 2.05) is 0 Å². The summed E-state index contributed by atoms with van der Waals surface area (Å²) in [6, 6.07) is 0. The van der Waals surface area contributed by atoms with Crippen LogP contribution in [0, 0.1) is 11.8 Å². The molecule has 0 fully saturated rings. The van der Waals surface area contributed by atoms with E-state index in [-0.39, 0.29) is 6.61 Å². The molecule has 2 nitrogen and oxygen atoms in total. The van der Waals surface area contributed by atoms with Crippen LogP contribution in [0.15, 0.2) is 6.20 Å². The van der Waals surface area contributed by atoms with E-state index in [1.165, 1.54) is 11.3 Å². The van der Waals surface area contributed by atoms with Gasteiger partial charge in [0, 0.05) is 18.4 Å². The SMILES string of the molecule is OCc1cnc(C#CCCS)s1. The number of hydrogen-bond donors (Lipinski definition) is 2. The molecule has 4 heteroatoms. The largest absolute Gasteiger partial charge is 0.391 e. The van der Waals surface area contributed by atoms with Crippen LogP contribution in [0.4, 0.5) is 0 Å². The van der Waals surface area contributed by atoms with Gasteiger partial charge in [-0.2, -0.15) is 12.6 Å². The van der Waals surface area contributed by atoms with Gasteiger partial charge in [0.05, 0.1) is 11.5 Å². The zero-order valence-electron chi connectivity index (χ0n) is 6.45. The topological polar surface area (TPSA) is 33.1 Å². The standard InChI is InChI=1S/C8H9NOS2/c10-6-7-5-9-8(12-7)3-1-2-4-11/h5,10-11H,2,4,6H2. The van der Waals surface area contributed by atoms with Crippen LogP contribution in [0.1, 0.15) is 16.3 Å². The number of aliphatic hydroxyl groups is 1. The van der Waals surface area contributed by atoms with Crippen molar-refractivity contribution in [2.75, 3.05) is 5.75 Å². The molecule has 0 aliphatic heterocycles. The van der Waals surface area contributed by atoms with Crippen LogP contribution in [-0.4, -0.2) is 15.8 Å². The highest BCUT2D eigenvalue weighted by molar-refractivity contribution is 7.80. The Hall–Kier alpha value is -0.500. The number of hydrogen-bond acceptors (Lipinski definition) is 4. The van der Waals surface area contributed by atoms with Crippen molar-refractivity contribution < 1.29 is 5.11 Å². The molecule has 0 spiro atoms. The third kappa shape index (κ3) is 2.86. The van der Waals surface area contributed by atoms with Crippen LogP contribution in [0.3, 0.4) is 0 Å². The molecule has 0 radical (unpaired) electrons. The van der Waals surface area contributed by atoms with Gasteiger partial charge in [-0.15, -0.1) is 11.3 Å². The number of aliphatic hydroxyl groups excluding tert-OH is 1. The van der Waals surface area contributed by atoms with Crippen molar-refractivity contribution in [3.8, 4) is 11.8 Å². The fourth-order valence-electron chi connectivity index (χ4n) is 0.632. The van der Waals surface area contributed by atoms with E-state index in [4.69, 9.17) is 5.11 Å². The molecular weight excluding hydrogens is 190 g/mol. The van der Waals surface area contributed by atoms with E-state index < -0.39 is 0 Å². The Kier molecular flexibility index (Phi) is 4.15. The summed E-state index contributed by atoms with van der Waals surface area (Å²) in [7, 11) is 0. The first-order valence-electron chi connectivity index (χ1n) is 3.52. The van der Waals surface area contributed by atoms with Crippen LogP contribution in [-0.2, 0) is 6.61 Å². The average Bonchev–Trinajstić information content (AvgIpc) is 2.53. The Labute approximate surface area is 81.1 Å². The lowest BCUT2D eigenvalue weighted by Gasteiger charge is -1.79. The summed E-state index contributed by atoms with van der Waals surface area (Å²) < 4.78 is 0. The van der Waals surface area contributed by atoms with Gasteiger partial charge in [0.15, 0.2) is 5.01 Å². The van der Waals surface area contributed by atoms with E-state index in [9.17, 15) is 0 Å². The lowest BCUT2D eigenvalue weighted by molar-refractivity contribution is 0.285. The quantitative estimate of drug-likeness (QED) is 0.556. The van der Waals surface area contributed by atoms with Gasteiger partial charge in [-0.3, -0.25) is 0 Å². The fourth-order valence-corrected chi connectivity index (χ4v) is 1.39. The minimum absolute atomic E-state index is 0.0475. The van der Waals surface area contributed by atoms with Crippen molar-refractivity contribution in [3.05, 3.63) is 16.1 Å². The molecular formula is C8H9NOS2. The van der Waals surface area contributed by atoms with Crippen LogP contribution < -0.4 is 0 Å². The minimum atomic E-state index is 0.0475. The molecule has 1 aromatic heterocycles. The summed E-state index contributed by atoms with van der Waals surface area (Å²) in [5.41, 5.74) is 0. The zero-order valence-corrected chi connectivity index (χ0v) is 8.16. The number of nitrogens with zero attached hydrogens (tertiary/aromatic N) is 1. The van der Waals surface area contributed by atoms with Crippen molar-refractivity contribution in [2.24, 2.45) is 0 Å². The van der Waals surface area contributed by atoms with Crippen LogP contribution >= 0.6 is 24.0 Å². The molecule has 0 amide bonds. The van der Waals surface area contributed by atoms with E-state index >= 15 is 0 Å². The van der Waals surface area contributed by atoms with Crippen LogP contribution in [0.2, 0.25) is 0 Å². The molecule has 64 valence electrons. The summed E-state index contributed by atoms with van der Waals surface area (Å²) in [5, 5.41) is 9.50. The Morgan fingerprint density at radius 2 is 2.50 bits per heavy atom. The van der Waals surface area contributed by atoms with E-state index in [2.05, 4.69) is 29.5 Å². The van der Waals surface area contributed by atoms with Gasteiger partial charge in [-0.1, -0.05) is 5.92 Å². The lowest BCUT2D eigenvalue weighted by atomic mass is 10.5.